The van der Waals surface area contributed by atoms with Crippen LogP contribution in [0.3, 0.4) is 0 Å². The zero-order chi connectivity index (χ0) is 18.7. The maximum Gasteiger partial charge on any atom is 0.282 e. The molecule has 0 saturated carbocycles. The van der Waals surface area contributed by atoms with Crippen LogP contribution in [-0.4, -0.2) is 34.9 Å². The van der Waals surface area contributed by atoms with E-state index in [1.54, 1.807) is 17.0 Å². The van der Waals surface area contributed by atoms with Crippen molar-refractivity contribution in [2.75, 3.05) is 18.4 Å². The first-order chi connectivity index (χ1) is 12.4. The Kier molecular flexibility index (Phi) is 5.21. The van der Waals surface area contributed by atoms with Crippen LogP contribution in [0.4, 0.5) is 11.4 Å². The van der Waals surface area contributed by atoms with Gasteiger partial charge >= 0.3 is 0 Å². The second-order valence-electron chi connectivity index (χ2n) is 6.86. The van der Waals surface area contributed by atoms with Gasteiger partial charge in [-0.2, -0.15) is 0 Å². The van der Waals surface area contributed by atoms with E-state index in [-0.39, 0.29) is 17.2 Å². The van der Waals surface area contributed by atoms with Crippen molar-refractivity contribution in [3.63, 3.8) is 0 Å². The number of hydrogen-bond donors (Lipinski definition) is 1. The van der Waals surface area contributed by atoms with Crippen molar-refractivity contribution in [3.8, 4) is 0 Å². The number of piperidine rings is 1. The fourth-order valence-electron chi connectivity index (χ4n) is 3.50. The average Bonchev–Trinajstić information content (AvgIpc) is 2.61. The van der Waals surface area contributed by atoms with Gasteiger partial charge in [0.2, 0.25) is 0 Å². The third kappa shape index (κ3) is 4.02. The van der Waals surface area contributed by atoms with Crippen molar-refractivity contribution in [1.29, 1.82) is 0 Å². The highest BCUT2D eigenvalue weighted by molar-refractivity contribution is 5.98. The molecule has 136 valence electrons. The Balaban J connectivity index is 1.63. The number of nitro groups is 1. The first kappa shape index (κ1) is 17.9. The smallest absolute Gasteiger partial charge is 0.282 e. The zero-order valence-electron chi connectivity index (χ0n) is 15.1. The van der Waals surface area contributed by atoms with Crippen LogP contribution in [0.5, 0.6) is 0 Å². The van der Waals surface area contributed by atoms with Gasteiger partial charge in [0.1, 0.15) is 5.56 Å². The number of hydrogen-bond acceptors (Lipinski definition) is 4. The van der Waals surface area contributed by atoms with E-state index < -0.39 is 4.92 Å². The minimum Gasteiger partial charge on any atom is -0.382 e. The number of aryl methyl sites for hydroxylation is 2. The number of nitro benzene ring substituents is 1. The molecule has 1 heterocycles. The molecule has 2 aromatic carbocycles. The predicted octanol–water partition coefficient (Wildman–Crippen LogP) is 3.93. The van der Waals surface area contributed by atoms with E-state index in [4.69, 9.17) is 0 Å². The number of carbonyl (C=O) groups excluding carboxylic acids is 1. The Morgan fingerprint density at radius 2 is 1.73 bits per heavy atom. The van der Waals surface area contributed by atoms with Crippen LogP contribution < -0.4 is 5.32 Å². The van der Waals surface area contributed by atoms with Gasteiger partial charge in [-0.25, -0.2) is 0 Å². The first-order valence-electron chi connectivity index (χ1n) is 8.81. The number of likely N-dealkylation sites (tertiary alicyclic amines) is 1. The molecule has 6 heteroatoms. The van der Waals surface area contributed by atoms with Gasteiger partial charge in [0.05, 0.1) is 4.92 Å². The molecular weight excluding hydrogens is 330 g/mol. The van der Waals surface area contributed by atoms with Gasteiger partial charge in [-0.1, -0.05) is 18.2 Å². The molecule has 1 amide bonds. The van der Waals surface area contributed by atoms with E-state index in [2.05, 4.69) is 37.4 Å². The van der Waals surface area contributed by atoms with Crippen LogP contribution in [0.25, 0.3) is 0 Å². The summed E-state index contributed by atoms with van der Waals surface area (Å²) in [5, 5.41) is 14.7. The highest BCUT2D eigenvalue weighted by Crippen LogP contribution is 2.23. The molecule has 1 fully saturated rings. The van der Waals surface area contributed by atoms with Gasteiger partial charge in [0, 0.05) is 30.9 Å². The Hall–Kier alpha value is -2.89. The lowest BCUT2D eigenvalue weighted by atomic mass is 10.0. The molecule has 2 aromatic rings. The molecule has 3 rings (SSSR count). The third-order valence-electron chi connectivity index (χ3n) is 4.71. The van der Waals surface area contributed by atoms with Gasteiger partial charge in [0.15, 0.2) is 0 Å². The lowest BCUT2D eigenvalue weighted by Crippen LogP contribution is -2.42. The predicted molar refractivity (Wildman–Crippen MR) is 102 cm³/mol. The molecule has 0 aromatic heterocycles. The minimum atomic E-state index is -0.498. The van der Waals surface area contributed by atoms with E-state index in [1.165, 1.54) is 23.3 Å². The Bertz CT molecular complexity index is 807. The summed E-state index contributed by atoms with van der Waals surface area (Å²) in [6.07, 6.45) is 1.64. The SMILES string of the molecule is Cc1cc(C)cc(NC2CCN(C(=O)c3ccccc3[N+](=O)[O-])CC2)c1. The molecule has 1 N–H and O–H groups in total. The van der Waals surface area contributed by atoms with Crippen LogP contribution in [0.1, 0.15) is 34.3 Å². The molecule has 0 aliphatic carbocycles. The summed E-state index contributed by atoms with van der Waals surface area (Å²) in [4.78, 5) is 25.0. The maximum absolute atomic E-state index is 12.7. The monoisotopic (exact) mass is 353 g/mol. The Morgan fingerprint density at radius 1 is 1.12 bits per heavy atom. The second kappa shape index (κ2) is 7.56. The van der Waals surface area contributed by atoms with Gasteiger partial charge in [-0.3, -0.25) is 14.9 Å². The molecule has 0 radical (unpaired) electrons. The van der Waals surface area contributed by atoms with Crippen molar-refractivity contribution >= 4 is 17.3 Å². The standard InChI is InChI=1S/C20H23N3O3/c1-14-11-15(2)13-17(12-14)21-16-7-9-22(10-8-16)20(24)18-5-3-4-6-19(18)23(25)26/h3-6,11-13,16,21H,7-10H2,1-2H3. The summed E-state index contributed by atoms with van der Waals surface area (Å²) < 4.78 is 0. The zero-order valence-corrected chi connectivity index (χ0v) is 15.1. The van der Waals surface area contributed by atoms with Crippen LogP contribution in [0.15, 0.2) is 42.5 Å². The van der Waals surface area contributed by atoms with Crippen molar-refractivity contribution in [2.24, 2.45) is 0 Å². The fraction of sp³-hybridized carbons (Fsp3) is 0.350. The van der Waals surface area contributed by atoms with Gasteiger partial charge < -0.3 is 10.2 Å². The number of para-hydroxylation sites is 1. The van der Waals surface area contributed by atoms with E-state index in [0.29, 0.717) is 19.1 Å². The molecule has 1 aliphatic heterocycles. The minimum absolute atomic E-state index is 0.131. The molecule has 0 spiro atoms. The molecule has 1 saturated heterocycles. The summed E-state index contributed by atoms with van der Waals surface area (Å²) in [5.41, 5.74) is 3.57. The normalized spacial score (nSPS) is 14.9. The molecule has 0 atom stereocenters. The van der Waals surface area contributed by atoms with Gasteiger partial charge in [-0.15, -0.1) is 0 Å². The third-order valence-corrected chi connectivity index (χ3v) is 4.71. The van der Waals surface area contributed by atoms with Crippen LogP contribution >= 0.6 is 0 Å². The Labute approximate surface area is 153 Å². The second-order valence-corrected chi connectivity index (χ2v) is 6.86. The number of anilines is 1. The van der Waals surface area contributed by atoms with Crippen molar-refractivity contribution in [1.82, 2.24) is 4.90 Å². The first-order valence-corrected chi connectivity index (χ1v) is 8.81. The number of carbonyl (C=O) groups is 1. The topological polar surface area (TPSA) is 75.5 Å². The van der Waals surface area contributed by atoms with Crippen LogP contribution in [-0.2, 0) is 0 Å². The summed E-state index contributed by atoms with van der Waals surface area (Å²) in [7, 11) is 0. The summed E-state index contributed by atoms with van der Waals surface area (Å²) >= 11 is 0. The maximum atomic E-state index is 12.7. The summed E-state index contributed by atoms with van der Waals surface area (Å²) in [5.74, 6) is -0.262. The number of rotatable bonds is 4. The van der Waals surface area contributed by atoms with Gasteiger partial charge in [0.25, 0.3) is 11.6 Å². The van der Waals surface area contributed by atoms with E-state index in [9.17, 15) is 14.9 Å². The summed E-state index contributed by atoms with van der Waals surface area (Å²) in [6, 6.07) is 12.8. The van der Waals surface area contributed by atoms with Gasteiger partial charge in [-0.05, 0) is 56.0 Å². The van der Waals surface area contributed by atoms with Crippen molar-refractivity contribution in [3.05, 3.63) is 69.3 Å². The molecule has 0 unspecified atom stereocenters. The number of amides is 1. The van der Waals surface area contributed by atoms with E-state index in [1.807, 2.05) is 0 Å². The number of benzene rings is 2. The molecule has 0 bridgehead atoms. The largest absolute Gasteiger partial charge is 0.382 e. The molecular formula is C20H23N3O3. The van der Waals surface area contributed by atoms with Crippen LogP contribution in [0, 0.1) is 24.0 Å². The molecule has 26 heavy (non-hydrogen) atoms. The van der Waals surface area contributed by atoms with Crippen LogP contribution in [0.2, 0.25) is 0 Å². The van der Waals surface area contributed by atoms with Crippen molar-refractivity contribution in [2.45, 2.75) is 32.7 Å². The van der Waals surface area contributed by atoms with E-state index in [0.717, 1.165) is 18.5 Å². The Morgan fingerprint density at radius 3 is 2.35 bits per heavy atom. The number of nitrogens with one attached hydrogen (secondary N) is 1. The summed E-state index contributed by atoms with van der Waals surface area (Å²) in [6.45, 7) is 5.33. The fourth-order valence-corrected chi connectivity index (χ4v) is 3.50. The number of nitrogens with zero attached hydrogens (tertiary/aromatic N) is 2. The highest BCUT2D eigenvalue weighted by Gasteiger charge is 2.27. The molecule has 1 aliphatic rings. The average molecular weight is 353 g/mol. The molecule has 6 nitrogen and oxygen atoms in total. The lowest BCUT2D eigenvalue weighted by molar-refractivity contribution is -0.385. The van der Waals surface area contributed by atoms with Crippen molar-refractivity contribution < 1.29 is 9.72 Å². The highest BCUT2D eigenvalue weighted by atomic mass is 16.6. The lowest BCUT2D eigenvalue weighted by Gasteiger charge is -2.33. The van der Waals surface area contributed by atoms with E-state index >= 15 is 0 Å². The quantitative estimate of drug-likeness (QED) is 0.667.